The molecule has 1 heterocycles. The Morgan fingerprint density at radius 1 is 1.29 bits per heavy atom. The van der Waals surface area contributed by atoms with Gasteiger partial charge in [0.2, 0.25) is 0 Å². The number of thiophene rings is 1. The van der Waals surface area contributed by atoms with E-state index in [1.54, 1.807) is 11.3 Å². The van der Waals surface area contributed by atoms with Gasteiger partial charge in [0, 0.05) is 10.8 Å². The lowest BCUT2D eigenvalue weighted by Crippen LogP contribution is -1.90. The quantitative estimate of drug-likeness (QED) is 0.753. The minimum absolute atomic E-state index is 0.645. The molecule has 0 saturated carbocycles. The molecule has 1 aromatic carbocycles. The van der Waals surface area contributed by atoms with Gasteiger partial charge in [0.1, 0.15) is 5.75 Å². The molecule has 0 atom stereocenters. The van der Waals surface area contributed by atoms with Gasteiger partial charge in [-0.1, -0.05) is 23.2 Å². The SMILES string of the molecule is CCOc1ccc(Cl)c2c(Cl)csc12. The maximum atomic E-state index is 6.04. The fraction of sp³-hybridized carbons (Fsp3) is 0.200. The minimum atomic E-state index is 0.645. The van der Waals surface area contributed by atoms with Gasteiger partial charge in [-0.25, -0.2) is 0 Å². The number of hydrogen-bond donors (Lipinski definition) is 0. The lowest BCUT2D eigenvalue weighted by molar-refractivity contribution is 0.345. The monoisotopic (exact) mass is 246 g/mol. The molecule has 1 aromatic heterocycles. The Labute approximate surface area is 96.2 Å². The van der Waals surface area contributed by atoms with Crippen molar-refractivity contribution in [3.8, 4) is 5.75 Å². The zero-order valence-corrected chi connectivity index (χ0v) is 9.84. The summed E-state index contributed by atoms with van der Waals surface area (Å²) in [6.07, 6.45) is 0. The number of hydrogen-bond acceptors (Lipinski definition) is 2. The summed E-state index contributed by atoms with van der Waals surface area (Å²) >= 11 is 13.6. The molecular weight excluding hydrogens is 239 g/mol. The first kappa shape index (κ1) is 10.1. The summed E-state index contributed by atoms with van der Waals surface area (Å²) in [5.74, 6) is 0.851. The topological polar surface area (TPSA) is 9.23 Å². The number of ether oxygens (including phenoxy) is 1. The lowest BCUT2D eigenvalue weighted by Gasteiger charge is -2.04. The molecule has 0 aliphatic rings. The molecular formula is C10H8Cl2OS. The third-order valence-corrected chi connectivity index (χ3v) is 3.63. The van der Waals surface area contributed by atoms with Crippen LogP contribution in [0.15, 0.2) is 17.5 Å². The van der Waals surface area contributed by atoms with Gasteiger partial charge in [0.25, 0.3) is 0 Å². The summed E-state index contributed by atoms with van der Waals surface area (Å²) in [5, 5.41) is 4.14. The average molecular weight is 247 g/mol. The molecule has 0 bridgehead atoms. The zero-order valence-electron chi connectivity index (χ0n) is 7.51. The van der Waals surface area contributed by atoms with Crippen molar-refractivity contribution in [2.45, 2.75) is 6.92 Å². The van der Waals surface area contributed by atoms with Gasteiger partial charge < -0.3 is 4.74 Å². The van der Waals surface area contributed by atoms with Crippen molar-refractivity contribution in [1.82, 2.24) is 0 Å². The fourth-order valence-electron chi connectivity index (χ4n) is 1.32. The molecule has 0 unspecified atom stereocenters. The Morgan fingerprint density at radius 3 is 2.79 bits per heavy atom. The van der Waals surface area contributed by atoms with Crippen LogP contribution in [0.5, 0.6) is 5.75 Å². The standard InChI is InChI=1S/C10H8Cl2OS/c1-2-13-8-4-3-6(11)9-7(12)5-14-10(8)9/h3-5H,2H2,1H3. The summed E-state index contributed by atoms with van der Waals surface area (Å²) < 4.78 is 6.50. The predicted molar refractivity (Wildman–Crippen MR) is 63.0 cm³/mol. The Hall–Kier alpha value is -0.440. The van der Waals surface area contributed by atoms with Crippen molar-refractivity contribution < 1.29 is 4.74 Å². The van der Waals surface area contributed by atoms with Crippen molar-refractivity contribution in [2.75, 3.05) is 6.61 Å². The smallest absolute Gasteiger partial charge is 0.137 e. The maximum absolute atomic E-state index is 6.04. The van der Waals surface area contributed by atoms with E-state index < -0.39 is 0 Å². The van der Waals surface area contributed by atoms with Crippen molar-refractivity contribution in [1.29, 1.82) is 0 Å². The van der Waals surface area contributed by atoms with E-state index in [1.165, 1.54) is 0 Å². The first-order chi connectivity index (χ1) is 6.74. The molecule has 0 saturated heterocycles. The van der Waals surface area contributed by atoms with E-state index in [9.17, 15) is 0 Å². The Balaban J connectivity index is 2.70. The van der Waals surface area contributed by atoms with Gasteiger partial charge in [0.15, 0.2) is 0 Å². The van der Waals surface area contributed by atoms with E-state index in [0.717, 1.165) is 15.8 Å². The van der Waals surface area contributed by atoms with Crippen LogP contribution in [0.1, 0.15) is 6.92 Å². The van der Waals surface area contributed by atoms with Crippen LogP contribution in [-0.4, -0.2) is 6.61 Å². The maximum Gasteiger partial charge on any atom is 0.137 e. The zero-order chi connectivity index (χ0) is 10.1. The van der Waals surface area contributed by atoms with Gasteiger partial charge in [-0.05, 0) is 19.1 Å². The van der Waals surface area contributed by atoms with Gasteiger partial charge in [-0.2, -0.15) is 0 Å². The summed E-state index contributed by atoms with van der Waals surface area (Å²) in [7, 11) is 0. The third kappa shape index (κ3) is 1.58. The molecule has 1 nitrogen and oxygen atoms in total. The number of rotatable bonds is 2. The Morgan fingerprint density at radius 2 is 2.07 bits per heavy atom. The van der Waals surface area contributed by atoms with Crippen LogP contribution in [0.2, 0.25) is 10.0 Å². The highest BCUT2D eigenvalue weighted by Crippen LogP contribution is 2.40. The summed E-state index contributed by atoms with van der Waals surface area (Å²) in [5.41, 5.74) is 0. The van der Waals surface area contributed by atoms with Gasteiger partial charge in [-0.3, -0.25) is 0 Å². The molecule has 0 amide bonds. The largest absolute Gasteiger partial charge is 0.492 e. The van der Waals surface area contributed by atoms with E-state index in [4.69, 9.17) is 27.9 Å². The normalized spacial score (nSPS) is 10.8. The van der Waals surface area contributed by atoms with Crippen LogP contribution in [0.25, 0.3) is 10.1 Å². The van der Waals surface area contributed by atoms with E-state index in [0.29, 0.717) is 16.7 Å². The van der Waals surface area contributed by atoms with Crippen molar-refractivity contribution >= 4 is 44.6 Å². The minimum Gasteiger partial charge on any atom is -0.492 e. The van der Waals surface area contributed by atoms with Crippen LogP contribution in [0.4, 0.5) is 0 Å². The molecule has 4 heteroatoms. The van der Waals surface area contributed by atoms with Crippen molar-refractivity contribution in [3.05, 3.63) is 27.6 Å². The van der Waals surface area contributed by atoms with Crippen LogP contribution in [-0.2, 0) is 0 Å². The summed E-state index contributed by atoms with van der Waals surface area (Å²) in [6, 6.07) is 3.69. The molecule has 14 heavy (non-hydrogen) atoms. The second-order valence-electron chi connectivity index (χ2n) is 2.77. The van der Waals surface area contributed by atoms with Crippen LogP contribution in [0, 0.1) is 0 Å². The van der Waals surface area contributed by atoms with Crippen LogP contribution >= 0.6 is 34.5 Å². The van der Waals surface area contributed by atoms with Crippen molar-refractivity contribution in [2.24, 2.45) is 0 Å². The first-order valence-corrected chi connectivity index (χ1v) is 5.85. The molecule has 0 fully saturated rings. The second kappa shape index (κ2) is 3.97. The van der Waals surface area contributed by atoms with E-state index in [1.807, 2.05) is 24.4 Å². The number of benzene rings is 1. The molecule has 74 valence electrons. The van der Waals surface area contributed by atoms with E-state index >= 15 is 0 Å². The van der Waals surface area contributed by atoms with E-state index in [-0.39, 0.29) is 0 Å². The highest BCUT2D eigenvalue weighted by atomic mass is 35.5. The van der Waals surface area contributed by atoms with Gasteiger partial charge >= 0.3 is 0 Å². The number of halogens is 2. The highest BCUT2D eigenvalue weighted by Gasteiger charge is 2.10. The summed E-state index contributed by atoms with van der Waals surface area (Å²) in [6.45, 7) is 2.60. The first-order valence-electron chi connectivity index (χ1n) is 4.22. The predicted octanol–water partition coefficient (Wildman–Crippen LogP) is 4.61. The lowest BCUT2D eigenvalue weighted by atomic mass is 10.2. The van der Waals surface area contributed by atoms with E-state index in [2.05, 4.69) is 0 Å². The van der Waals surface area contributed by atoms with Crippen LogP contribution < -0.4 is 4.74 Å². The van der Waals surface area contributed by atoms with Gasteiger partial charge in [-0.15, -0.1) is 11.3 Å². The molecule has 0 spiro atoms. The molecule has 0 aliphatic heterocycles. The number of fused-ring (bicyclic) bond motifs is 1. The Bertz CT molecular complexity index is 464. The molecule has 0 N–H and O–H groups in total. The Kier molecular flexibility index (Phi) is 2.86. The average Bonchev–Trinajstić information content (AvgIpc) is 2.54. The highest BCUT2D eigenvalue weighted by molar-refractivity contribution is 7.18. The summed E-state index contributed by atoms with van der Waals surface area (Å²) in [4.78, 5) is 0. The van der Waals surface area contributed by atoms with Crippen molar-refractivity contribution in [3.63, 3.8) is 0 Å². The molecule has 0 aliphatic carbocycles. The molecule has 2 aromatic rings. The molecule has 0 radical (unpaired) electrons. The second-order valence-corrected chi connectivity index (χ2v) is 4.46. The molecule has 2 rings (SSSR count). The van der Waals surface area contributed by atoms with Gasteiger partial charge in [0.05, 0.1) is 21.4 Å². The third-order valence-electron chi connectivity index (χ3n) is 1.89. The van der Waals surface area contributed by atoms with Crippen LogP contribution in [0.3, 0.4) is 0 Å². The fourth-order valence-corrected chi connectivity index (χ4v) is 2.99.